The Labute approximate surface area is 139 Å². The van der Waals surface area contributed by atoms with Gasteiger partial charge in [-0.2, -0.15) is 0 Å². The zero-order valence-electron chi connectivity index (χ0n) is 11.1. The van der Waals surface area contributed by atoms with Gasteiger partial charge in [0.15, 0.2) is 0 Å². The number of nitrogens with zero attached hydrogens (tertiary/aromatic N) is 1. The highest BCUT2D eigenvalue weighted by Gasteiger charge is 2.06. The van der Waals surface area contributed by atoms with Crippen LogP contribution in [-0.2, 0) is 0 Å². The Morgan fingerprint density at radius 2 is 2.05 bits per heavy atom. The van der Waals surface area contributed by atoms with Crippen molar-refractivity contribution < 1.29 is 9.90 Å². The maximum atomic E-state index is 11.6. The maximum absolute atomic E-state index is 11.6. The van der Waals surface area contributed by atoms with Crippen molar-refractivity contribution in [3.05, 3.63) is 56.5 Å². The summed E-state index contributed by atoms with van der Waals surface area (Å²) in [5.41, 5.74) is 1.74. The molecule has 0 heterocycles. The predicted molar refractivity (Wildman–Crippen MR) is 90.6 cm³/mol. The molecule has 1 amide bonds. The third-order valence-corrected chi connectivity index (χ3v) is 3.81. The van der Waals surface area contributed by atoms with Crippen LogP contribution < -0.4 is 5.32 Å². The van der Waals surface area contributed by atoms with Gasteiger partial charge in [-0.1, -0.05) is 22.0 Å². The van der Waals surface area contributed by atoms with Gasteiger partial charge >= 0.3 is 0 Å². The first-order valence-electron chi connectivity index (χ1n) is 6.05. The lowest BCUT2D eigenvalue weighted by Crippen LogP contribution is -2.17. The average Bonchev–Trinajstić information content (AvgIpc) is 2.49. The highest BCUT2D eigenvalue weighted by molar-refractivity contribution is 9.11. The molecule has 2 N–H and O–H groups in total. The number of aromatic hydroxyl groups is 1. The van der Waals surface area contributed by atoms with Crippen LogP contribution in [0.25, 0.3) is 0 Å². The molecule has 0 saturated heterocycles. The Hall–Kier alpha value is -1.66. The molecule has 108 valence electrons. The smallest absolute Gasteiger partial charge is 0.251 e. The van der Waals surface area contributed by atoms with Gasteiger partial charge in [-0.05, 0) is 46.3 Å². The van der Waals surface area contributed by atoms with E-state index in [2.05, 4.69) is 42.2 Å². The molecular weight excluding hydrogens is 400 g/mol. The van der Waals surface area contributed by atoms with Crippen LogP contribution in [0.5, 0.6) is 5.75 Å². The molecule has 0 radical (unpaired) electrons. The minimum Gasteiger partial charge on any atom is -0.506 e. The fraction of sp³-hybridized carbons (Fsp3) is 0.0667. The minimum atomic E-state index is -0.167. The van der Waals surface area contributed by atoms with Crippen molar-refractivity contribution in [2.45, 2.75) is 0 Å². The third kappa shape index (κ3) is 3.92. The molecule has 6 heteroatoms. The first kappa shape index (κ1) is 15.7. The van der Waals surface area contributed by atoms with Crippen molar-refractivity contribution in [3.8, 4) is 5.75 Å². The van der Waals surface area contributed by atoms with Crippen molar-refractivity contribution >= 4 is 49.7 Å². The van der Waals surface area contributed by atoms with E-state index in [1.807, 2.05) is 0 Å². The molecule has 0 aliphatic carbocycles. The Balaban J connectivity index is 2.32. The Kier molecular flexibility index (Phi) is 5.14. The van der Waals surface area contributed by atoms with Crippen molar-refractivity contribution in [1.82, 2.24) is 5.32 Å². The van der Waals surface area contributed by atoms with Crippen molar-refractivity contribution in [1.29, 1.82) is 0 Å². The second-order valence-electron chi connectivity index (χ2n) is 4.21. The number of hydrogen-bond acceptors (Lipinski definition) is 3. The van der Waals surface area contributed by atoms with E-state index in [1.54, 1.807) is 49.7 Å². The van der Waals surface area contributed by atoms with Crippen LogP contribution in [0.2, 0.25) is 0 Å². The van der Waals surface area contributed by atoms with Gasteiger partial charge in [0.2, 0.25) is 0 Å². The van der Waals surface area contributed by atoms with Gasteiger partial charge in [-0.3, -0.25) is 9.79 Å². The van der Waals surface area contributed by atoms with E-state index in [0.29, 0.717) is 21.3 Å². The van der Waals surface area contributed by atoms with Crippen molar-refractivity contribution in [2.75, 3.05) is 7.05 Å². The number of aliphatic imine (C=N–C) groups is 1. The predicted octanol–water partition coefficient (Wildman–Crippen LogP) is 4.03. The van der Waals surface area contributed by atoms with Crippen molar-refractivity contribution in [2.24, 2.45) is 4.99 Å². The molecule has 2 aromatic carbocycles. The lowest BCUT2D eigenvalue weighted by molar-refractivity contribution is 0.0963. The second kappa shape index (κ2) is 6.87. The minimum absolute atomic E-state index is 0.115. The molecule has 0 unspecified atom stereocenters. The third-order valence-electron chi connectivity index (χ3n) is 2.75. The Morgan fingerprint density at radius 1 is 1.29 bits per heavy atom. The fourth-order valence-electron chi connectivity index (χ4n) is 1.70. The summed E-state index contributed by atoms with van der Waals surface area (Å²) >= 11 is 6.63. The number of halogens is 2. The number of amides is 1. The summed E-state index contributed by atoms with van der Waals surface area (Å²) in [5.74, 6) is -0.0514. The van der Waals surface area contributed by atoms with E-state index in [0.717, 1.165) is 4.47 Å². The summed E-state index contributed by atoms with van der Waals surface area (Å²) in [6.45, 7) is 0. The number of phenols is 1. The van der Waals surface area contributed by atoms with Crippen LogP contribution in [0, 0.1) is 0 Å². The molecule has 0 aromatic heterocycles. The number of benzene rings is 2. The van der Waals surface area contributed by atoms with Crippen LogP contribution in [-0.4, -0.2) is 24.3 Å². The largest absolute Gasteiger partial charge is 0.506 e. The van der Waals surface area contributed by atoms with E-state index in [1.165, 1.54) is 0 Å². The quantitative estimate of drug-likeness (QED) is 0.749. The molecule has 2 rings (SSSR count). The fourth-order valence-corrected chi connectivity index (χ4v) is 2.96. The van der Waals surface area contributed by atoms with Crippen LogP contribution in [0.1, 0.15) is 15.9 Å². The summed E-state index contributed by atoms with van der Waals surface area (Å²) in [7, 11) is 1.58. The van der Waals surface area contributed by atoms with Gasteiger partial charge in [-0.25, -0.2) is 0 Å². The molecule has 0 aliphatic heterocycles. The molecule has 0 spiro atoms. The van der Waals surface area contributed by atoms with E-state index in [-0.39, 0.29) is 11.7 Å². The lowest BCUT2D eigenvalue weighted by Gasteiger charge is -2.03. The first-order chi connectivity index (χ1) is 10.0. The number of carbonyl (C=O) groups excluding carboxylic acids is 1. The summed E-state index contributed by atoms with van der Waals surface area (Å²) in [5, 5.41) is 12.5. The SMILES string of the molecule is CNC(=O)c1cccc(N=Cc2cc(Br)cc(Br)c2O)c1. The van der Waals surface area contributed by atoms with Crippen LogP contribution in [0.15, 0.2) is 50.3 Å². The summed E-state index contributed by atoms with van der Waals surface area (Å²) in [6, 6.07) is 10.4. The molecule has 0 aliphatic rings. The summed E-state index contributed by atoms with van der Waals surface area (Å²) < 4.78 is 1.41. The highest BCUT2D eigenvalue weighted by Crippen LogP contribution is 2.31. The molecule has 21 heavy (non-hydrogen) atoms. The van der Waals surface area contributed by atoms with Gasteiger partial charge < -0.3 is 10.4 Å². The average molecular weight is 412 g/mol. The number of phenolic OH excluding ortho intramolecular Hbond substituents is 1. The van der Waals surface area contributed by atoms with Crippen LogP contribution in [0.4, 0.5) is 5.69 Å². The van der Waals surface area contributed by atoms with Crippen molar-refractivity contribution in [3.63, 3.8) is 0 Å². The zero-order valence-corrected chi connectivity index (χ0v) is 14.3. The van der Waals surface area contributed by atoms with Gasteiger partial charge in [0.25, 0.3) is 5.91 Å². The Morgan fingerprint density at radius 3 is 2.76 bits per heavy atom. The molecule has 0 fully saturated rings. The number of hydrogen-bond donors (Lipinski definition) is 2. The first-order valence-corrected chi connectivity index (χ1v) is 7.64. The van der Waals surface area contributed by atoms with E-state index in [9.17, 15) is 9.90 Å². The zero-order chi connectivity index (χ0) is 15.4. The topological polar surface area (TPSA) is 61.7 Å². The second-order valence-corrected chi connectivity index (χ2v) is 5.98. The monoisotopic (exact) mass is 410 g/mol. The van der Waals surface area contributed by atoms with Gasteiger partial charge in [0.1, 0.15) is 5.75 Å². The molecule has 2 aromatic rings. The number of rotatable bonds is 3. The van der Waals surface area contributed by atoms with Gasteiger partial charge in [-0.15, -0.1) is 0 Å². The van der Waals surface area contributed by atoms with E-state index in [4.69, 9.17) is 0 Å². The molecule has 0 bridgehead atoms. The highest BCUT2D eigenvalue weighted by atomic mass is 79.9. The Bertz CT molecular complexity index is 715. The summed E-state index contributed by atoms with van der Waals surface area (Å²) in [6.07, 6.45) is 1.55. The van der Waals surface area contributed by atoms with Gasteiger partial charge in [0.05, 0.1) is 10.2 Å². The molecule has 4 nitrogen and oxygen atoms in total. The normalized spacial score (nSPS) is 10.8. The van der Waals surface area contributed by atoms with Crippen LogP contribution in [0.3, 0.4) is 0 Å². The maximum Gasteiger partial charge on any atom is 0.251 e. The molecule has 0 saturated carbocycles. The van der Waals surface area contributed by atoms with Gasteiger partial charge in [0, 0.05) is 28.9 Å². The van der Waals surface area contributed by atoms with E-state index < -0.39 is 0 Å². The molecular formula is C15H12Br2N2O2. The lowest BCUT2D eigenvalue weighted by atomic mass is 10.2. The standard InChI is InChI=1S/C15H12Br2N2O2/c1-18-15(21)9-3-2-4-12(6-9)19-8-10-5-11(16)7-13(17)14(10)20/h2-8,20H,1H3,(H,18,21). The number of carbonyl (C=O) groups is 1. The van der Waals surface area contributed by atoms with Crippen LogP contribution >= 0.6 is 31.9 Å². The van der Waals surface area contributed by atoms with E-state index >= 15 is 0 Å². The summed E-state index contributed by atoms with van der Waals surface area (Å²) in [4.78, 5) is 15.9. The number of nitrogens with one attached hydrogen (secondary N) is 1. The molecule has 0 atom stereocenters.